The summed E-state index contributed by atoms with van der Waals surface area (Å²) < 4.78 is 0. The molecular formula is C9H17NO2. The average Bonchev–Trinajstić information content (AvgIpc) is 2.51. The van der Waals surface area contributed by atoms with Crippen LogP contribution in [0.25, 0.3) is 0 Å². The van der Waals surface area contributed by atoms with Crippen LogP contribution in [0.3, 0.4) is 0 Å². The molecule has 70 valence electrons. The molecule has 1 rings (SSSR count). The van der Waals surface area contributed by atoms with E-state index in [9.17, 15) is 4.79 Å². The molecule has 1 saturated heterocycles. The fourth-order valence-electron chi connectivity index (χ4n) is 1.83. The van der Waals surface area contributed by atoms with Gasteiger partial charge in [0.2, 0.25) is 5.91 Å². The second-order valence-corrected chi connectivity index (χ2v) is 3.27. The molecule has 1 heterocycles. The Labute approximate surface area is 73.4 Å². The number of hydrogen-bond acceptors (Lipinski definition) is 2. The number of hydrogen-bond donors (Lipinski definition) is 1. The van der Waals surface area contributed by atoms with E-state index in [4.69, 9.17) is 5.11 Å². The summed E-state index contributed by atoms with van der Waals surface area (Å²) in [6.07, 6.45) is 3.58. The zero-order valence-corrected chi connectivity index (χ0v) is 7.62. The quantitative estimate of drug-likeness (QED) is 0.681. The summed E-state index contributed by atoms with van der Waals surface area (Å²) in [5.74, 6) is 0.113. The standard InChI is InChI=1S/C9H17NO2/c1-2-8-4-3-6-10(8)9(12)5-7-11/h8,11H,2-7H2,1H3. The molecule has 0 bridgehead atoms. The Balaban J connectivity index is 2.43. The van der Waals surface area contributed by atoms with Crippen molar-refractivity contribution >= 4 is 5.91 Å². The number of carbonyl (C=O) groups is 1. The molecule has 0 spiro atoms. The molecule has 3 heteroatoms. The van der Waals surface area contributed by atoms with Gasteiger partial charge in [-0.25, -0.2) is 0 Å². The van der Waals surface area contributed by atoms with Gasteiger partial charge in [-0.15, -0.1) is 0 Å². The van der Waals surface area contributed by atoms with E-state index in [1.54, 1.807) is 0 Å². The van der Waals surface area contributed by atoms with Gasteiger partial charge in [-0.3, -0.25) is 4.79 Å². The summed E-state index contributed by atoms with van der Waals surface area (Å²) in [6.45, 7) is 2.97. The van der Waals surface area contributed by atoms with Crippen molar-refractivity contribution in [3.05, 3.63) is 0 Å². The number of likely N-dealkylation sites (tertiary alicyclic amines) is 1. The van der Waals surface area contributed by atoms with Gasteiger partial charge in [0.15, 0.2) is 0 Å². The first-order valence-electron chi connectivity index (χ1n) is 4.70. The average molecular weight is 171 g/mol. The van der Waals surface area contributed by atoms with Gasteiger partial charge in [-0.2, -0.15) is 0 Å². The van der Waals surface area contributed by atoms with Crippen LogP contribution < -0.4 is 0 Å². The van der Waals surface area contributed by atoms with Crippen molar-refractivity contribution in [2.24, 2.45) is 0 Å². The summed E-state index contributed by atoms with van der Waals surface area (Å²) in [5.41, 5.74) is 0. The normalized spacial score (nSPS) is 23.2. The van der Waals surface area contributed by atoms with Crippen LogP contribution in [0.15, 0.2) is 0 Å². The summed E-state index contributed by atoms with van der Waals surface area (Å²) in [5, 5.41) is 8.61. The third-order valence-corrected chi connectivity index (χ3v) is 2.49. The third-order valence-electron chi connectivity index (χ3n) is 2.49. The number of rotatable bonds is 3. The maximum atomic E-state index is 11.4. The Morgan fingerprint density at radius 1 is 1.67 bits per heavy atom. The molecule has 3 nitrogen and oxygen atoms in total. The highest BCUT2D eigenvalue weighted by Gasteiger charge is 2.26. The van der Waals surface area contributed by atoms with Crippen LogP contribution >= 0.6 is 0 Å². The molecular weight excluding hydrogens is 154 g/mol. The molecule has 0 radical (unpaired) electrons. The number of nitrogens with zero attached hydrogens (tertiary/aromatic N) is 1. The monoisotopic (exact) mass is 171 g/mol. The second kappa shape index (κ2) is 4.45. The number of carbonyl (C=O) groups excluding carboxylic acids is 1. The predicted octanol–water partition coefficient (Wildman–Crippen LogP) is 0.770. The zero-order chi connectivity index (χ0) is 8.97. The minimum atomic E-state index is -0.0221. The van der Waals surface area contributed by atoms with Gasteiger partial charge < -0.3 is 10.0 Å². The lowest BCUT2D eigenvalue weighted by Gasteiger charge is -2.23. The summed E-state index contributed by atoms with van der Waals surface area (Å²) in [4.78, 5) is 13.3. The molecule has 1 unspecified atom stereocenters. The molecule has 1 atom stereocenters. The van der Waals surface area contributed by atoms with Gasteiger partial charge in [-0.1, -0.05) is 6.92 Å². The van der Waals surface area contributed by atoms with E-state index in [1.807, 2.05) is 4.90 Å². The summed E-state index contributed by atoms with van der Waals surface area (Å²) in [6, 6.07) is 0.434. The van der Waals surface area contributed by atoms with Crippen molar-refractivity contribution < 1.29 is 9.90 Å². The van der Waals surface area contributed by atoms with Gasteiger partial charge in [-0.05, 0) is 19.3 Å². The minimum absolute atomic E-state index is 0.0221. The first-order chi connectivity index (χ1) is 5.79. The van der Waals surface area contributed by atoms with Gasteiger partial charge in [0.05, 0.1) is 6.61 Å². The van der Waals surface area contributed by atoms with Gasteiger partial charge >= 0.3 is 0 Å². The minimum Gasteiger partial charge on any atom is -0.396 e. The van der Waals surface area contributed by atoms with Crippen LogP contribution in [-0.2, 0) is 4.79 Å². The van der Waals surface area contributed by atoms with E-state index in [2.05, 4.69) is 6.92 Å². The topological polar surface area (TPSA) is 40.5 Å². The first kappa shape index (κ1) is 9.52. The number of aliphatic hydroxyl groups excluding tert-OH is 1. The van der Waals surface area contributed by atoms with E-state index in [0.29, 0.717) is 6.04 Å². The first-order valence-corrected chi connectivity index (χ1v) is 4.70. The van der Waals surface area contributed by atoms with E-state index in [1.165, 1.54) is 0 Å². The Hall–Kier alpha value is -0.570. The molecule has 0 saturated carbocycles. The van der Waals surface area contributed by atoms with Crippen LogP contribution in [0, 0.1) is 0 Å². The van der Waals surface area contributed by atoms with Crippen LogP contribution in [0.2, 0.25) is 0 Å². The van der Waals surface area contributed by atoms with Gasteiger partial charge in [0, 0.05) is 19.0 Å². The summed E-state index contributed by atoms with van der Waals surface area (Å²) >= 11 is 0. The van der Waals surface area contributed by atoms with E-state index >= 15 is 0 Å². The molecule has 0 aliphatic carbocycles. The Bertz CT molecular complexity index is 159. The fraction of sp³-hybridized carbons (Fsp3) is 0.889. The Morgan fingerprint density at radius 3 is 3.00 bits per heavy atom. The molecule has 1 aliphatic heterocycles. The largest absolute Gasteiger partial charge is 0.396 e. The summed E-state index contributed by atoms with van der Waals surface area (Å²) in [7, 11) is 0. The van der Waals surface area contributed by atoms with Crippen molar-refractivity contribution in [2.45, 2.75) is 38.6 Å². The van der Waals surface area contributed by atoms with Crippen molar-refractivity contribution in [1.29, 1.82) is 0 Å². The maximum absolute atomic E-state index is 11.4. The molecule has 1 N–H and O–H groups in total. The molecule has 0 aromatic heterocycles. The van der Waals surface area contributed by atoms with Crippen molar-refractivity contribution in [1.82, 2.24) is 4.90 Å². The Morgan fingerprint density at radius 2 is 2.42 bits per heavy atom. The van der Waals surface area contributed by atoms with E-state index in [0.717, 1.165) is 25.8 Å². The third kappa shape index (κ3) is 1.97. The zero-order valence-electron chi connectivity index (χ0n) is 7.62. The maximum Gasteiger partial charge on any atom is 0.225 e. The SMILES string of the molecule is CCC1CCCN1C(=O)CCO. The molecule has 1 amide bonds. The Kier molecular flexibility index (Phi) is 3.53. The lowest BCUT2D eigenvalue weighted by molar-refractivity contribution is -0.132. The number of aliphatic hydroxyl groups is 1. The van der Waals surface area contributed by atoms with Gasteiger partial charge in [0.1, 0.15) is 0 Å². The molecule has 0 aromatic rings. The lowest BCUT2D eigenvalue weighted by Crippen LogP contribution is -2.35. The van der Waals surface area contributed by atoms with E-state index in [-0.39, 0.29) is 18.9 Å². The predicted molar refractivity (Wildman–Crippen MR) is 46.7 cm³/mol. The highest BCUT2D eigenvalue weighted by atomic mass is 16.3. The van der Waals surface area contributed by atoms with Crippen molar-refractivity contribution in [3.63, 3.8) is 0 Å². The molecule has 1 aliphatic rings. The van der Waals surface area contributed by atoms with Crippen LogP contribution in [-0.4, -0.2) is 35.1 Å². The highest BCUT2D eigenvalue weighted by Crippen LogP contribution is 2.20. The lowest BCUT2D eigenvalue weighted by atomic mass is 10.1. The van der Waals surface area contributed by atoms with Crippen LogP contribution in [0.5, 0.6) is 0 Å². The molecule has 12 heavy (non-hydrogen) atoms. The van der Waals surface area contributed by atoms with E-state index < -0.39 is 0 Å². The second-order valence-electron chi connectivity index (χ2n) is 3.27. The van der Waals surface area contributed by atoms with Gasteiger partial charge in [0.25, 0.3) is 0 Å². The van der Waals surface area contributed by atoms with Crippen LogP contribution in [0.4, 0.5) is 0 Å². The smallest absolute Gasteiger partial charge is 0.225 e. The van der Waals surface area contributed by atoms with Crippen molar-refractivity contribution in [3.8, 4) is 0 Å². The van der Waals surface area contributed by atoms with Crippen molar-refractivity contribution in [2.75, 3.05) is 13.2 Å². The molecule has 0 aromatic carbocycles. The number of amides is 1. The highest BCUT2D eigenvalue weighted by molar-refractivity contribution is 5.76. The van der Waals surface area contributed by atoms with Crippen LogP contribution in [0.1, 0.15) is 32.6 Å². The fourth-order valence-corrected chi connectivity index (χ4v) is 1.83. The molecule has 1 fully saturated rings.